The zero-order valence-corrected chi connectivity index (χ0v) is 14.9. The number of carbonyl (C=O) groups excluding carboxylic acids is 1. The van der Waals surface area contributed by atoms with Crippen LogP contribution < -0.4 is 5.32 Å². The minimum Gasteiger partial charge on any atom is -0.300 e. The van der Waals surface area contributed by atoms with E-state index in [0.717, 1.165) is 15.8 Å². The normalized spacial score (nSPS) is 10.6. The fourth-order valence-electron chi connectivity index (χ4n) is 1.61. The lowest BCUT2D eigenvalue weighted by molar-refractivity contribution is -0.113. The predicted molar refractivity (Wildman–Crippen MR) is 96.8 cm³/mol. The van der Waals surface area contributed by atoms with Gasteiger partial charge < -0.3 is 0 Å². The summed E-state index contributed by atoms with van der Waals surface area (Å²) in [5, 5.41) is 11.5. The zero-order chi connectivity index (χ0) is 15.6. The van der Waals surface area contributed by atoms with Gasteiger partial charge in [-0.2, -0.15) is 0 Å². The molecule has 0 aliphatic heterocycles. The van der Waals surface area contributed by atoms with Gasteiger partial charge in [0.25, 0.3) is 0 Å². The Morgan fingerprint density at radius 3 is 2.86 bits per heavy atom. The van der Waals surface area contributed by atoms with E-state index in [1.807, 2.05) is 18.2 Å². The molecule has 1 aromatic heterocycles. The van der Waals surface area contributed by atoms with Gasteiger partial charge in [0.15, 0.2) is 4.34 Å². The fourth-order valence-corrected chi connectivity index (χ4v) is 4.32. The molecule has 7 heteroatoms. The van der Waals surface area contributed by atoms with Crippen molar-refractivity contribution >= 4 is 45.9 Å². The number of hydrogen-bond donors (Lipinski definition) is 1. The molecule has 1 amide bonds. The Hall–Kier alpha value is -1.05. The van der Waals surface area contributed by atoms with Crippen LogP contribution >= 0.6 is 34.9 Å². The second kappa shape index (κ2) is 9.86. The molecule has 22 heavy (non-hydrogen) atoms. The standard InChI is InChI=1S/C15H19N3OS3/c1-2-3-9-21-15-18-17-14(22-15)16-13(19)11-20-10-12-7-5-4-6-8-12/h4-8H,2-3,9-11H2,1H3,(H,16,17,19). The van der Waals surface area contributed by atoms with E-state index in [1.54, 1.807) is 23.5 Å². The Morgan fingerprint density at radius 2 is 2.09 bits per heavy atom. The van der Waals surface area contributed by atoms with Crippen molar-refractivity contribution in [1.82, 2.24) is 10.2 Å². The van der Waals surface area contributed by atoms with Gasteiger partial charge in [0.05, 0.1) is 5.75 Å². The van der Waals surface area contributed by atoms with Crippen LogP contribution in [0.25, 0.3) is 0 Å². The van der Waals surface area contributed by atoms with Crippen molar-refractivity contribution in [3.05, 3.63) is 35.9 Å². The van der Waals surface area contributed by atoms with Crippen LogP contribution in [0.15, 0.2) is 34.7 Å². The lowest BCUT2D eigenvalue weighted by atomic mass is 10.2. The van der Waals surface area contributed by atoms with Crippen molar-refractivity contribution < 1.29 is 4.79 Å². The van der Waals surface area contributed by atoms with Crippen molar-refractivity contribution in [3.8, 4) is 0 Å². The Kier molecular flexibility index (Phi) is 7.76. The Balaban J connectivity index is 1.68. The van der Waals surface area contributed by atoms with E-state index in [9.17, 15) is 4.79 Å². The first-order valence-electron chi connectivity index (χ1n) is 7.15. The summed E-state index contributed by atoms with van der Waals surface area (Å²) in [6.45, 7) is 2.17. The van der Waals surface area contributed by atoms with Crippen LogP contribution in [-0.2, 0) is 10.5 Å². The largest absolute Gasteiger partial charge is 0.300 e. The van der Waals surface area contributed by atoms with Gasteiger partial charge in [-0.15, -0.1) is 22.0 Å². The van der Waals surface area contributed by atoms with Gasteiger partial charge >= 0.3 is 0 Å². The maximum atomic E-state index is 11.9. The summed E-state index contributed by atoms with van der Waals surface area (Å²) in [7, 11) is 0. The average Bonchev–Trinajstić information content (AvgIpc) is 2.96. The summed E-state index contributed by atoms with van der Waals surface area (Å²) in [6.07, 6.45) is 2.34. The molecular formula is C15H19N3OS3. The Morgan fingerprint density at radius 1 is 1.27 bits per heavy atom. The summed E-state index contributed by atoms with van der Waals surface area (Å²) < 4.78 is 0.917. The van der Waals surface area contributed by atoms with Crippen molar-refractivity contribution in [1.29, 1.82) is 0 Å². The lowest BCUT2D eigenvalue weighted by Gasteiger charge is -2.01. The van der Waals surface area contributed by atoms with Gasteiger partial charge in [0.1, 0.15) is 0 Å². The van der Waals surface area contributed by atoms with E-state index in [-0.39, 0.29) is 5.91 Å². The van der Waals surface area contributed by atoms with Crippen molar-refractivity contribution in [2.24, 2.45) is 0 Å². The van der Waals surface area contributed by atoms with Crippen LogP contribution in [0.1, 0.15) is 25.3 Å². The molecule has 0 saturated carbocycles. The van der Waals surface area contributed by atoms with E-state index in [1.165, 1.54) is 29.7 Å². The molecular weight excluding hydrogens is 334 g/mol. The van der Waals surface area contributed by atoms with Gasteiger partial charge in [-0.1, -0.05) is 66.8 Å². The number of thioether (sulfide) groups is 2. The van der Waals surface area contributed by atoms with Gasteiger partial charge in [-0.3, -0.25) is 10.1 Å². The molecule has 1 heterocycles. The molecule has 0 aliphatic carbocycles. The van der Waals surface area contributed by atoms with Crippen LogP contribution in [0.3, 0.4) is 0 Å². The molecule has 0 radical (unpaired) electrons. The highest BCUT2D eigenvalue weighted by Gasteiger charge is 2.08. The quantitative estimate of drug-likeness (QED) is 0.414. The minimum atomic E-state index is -0.0258. The summed E-state index contributed by atoms with van der Waals surface area (Å²) >= 11 is 4.73. The summed E-state index contributed by atoms with van der Waals surface area (Å²) in [5.74, 6) is 2.28. The lowest BCUT2D eigenvalue weighted by Crippen LogP contribution is -2.13. The number of carbonyl (C=O) groups is 1. The predicted octanol–water partition coefficient (Wildman–Crippen LogP) is 4.30. The van der Waals surface area contributed by atoms with E-state index in [2.05, 4.69) is 34.6 Å². The number of unbranched alkanes of at least 4 members (excludes halogenated alkanes) is 1. The second-order valence-corrected chi connectivity index (χ2v) is 7.91. The van der Waals surface area contributed by atoms with Crippen molar-refractivity contribution in [3.63, 3.8) is 0 Å². The highest BCUT2D eigenvalue weighted by atomic mass is 32.2. The molecule has 0 aliphatic rings. The van der Waals surface area contributed by atoms with E-state index in [4.69, 9.17) is 0 Å². The number of nitrogens with zero attached hydrogens (tertiary/aromatic N) is 2. The van der Waals surface area contributed by atoms with E-state index in [0.29, 0.717) is 10.9 Å². The van der Waals surface area contributed by atoms with E-state index >= 15 is 0 Å². The van der Waals surface area contributed by atoms with Crippen LogP contribution in [0.2, 0.25) is 0 Å². The SMILES string of the molecule is CCCCSc1nnc(NC(=O)CSCc2ccccc2)s1. The number of hydrogen-bond acceptors (Lipinski definition) is 6. The Labute approximate surface area is 143 Å². The summed E-state index contributed by atoms with van der Waals surface area (Å²) in [6, 6.07) is 10.1. The van der Waals surface area contributed by atoms with Gasteiger partial charge in [0, 0.05) is 11.5 Å². The summed E-state index contributed by atoms with van der Waals surface area (Å²) in [4.78, 5) is 11.9. The number of aromatic nitrogens is 2. The van der Waals surface area contributed by atoms with Gasteiger partial charge in [-0.05, 0) is 12.0 Å². The molecule has 1 aromatic carbocycles. The molecule has 1 N–H and O–H groups in total. The number of benzene rings is 1. The number of anilines is 1. The maximum Gasteiger partial charge on any atom is 0.236 e. The van der Waals surface area contributed by atoms with Gasteiger partial charge in [0.2, 0.25) is 11.0 Å². The first kappa shape index (κ1) is 17.3. The smallest absolute Gasteiger partial charge is 0.236 e. The monoisotopic (exact) mass is 353 g/mol. The molecule has 4 nitrogen and oxygen atoms in total. The molecule has 0 fully saturated rings. The third-order valence-electron chi connectivity index (χ3n) is 2.72. The average molecular weight is 354 g/mol. The van der Waals surface area contributed by atoms with E-state index < -0.39 is 0 Å². The topological polar surface area (TPSA) is 54.9 Å². The third-order valence-corrected chi connectivity index (χ3v) is 5.78. The fraction of sp³-hybridized carbons (Fsp3) is 0.400. The number of rotatable bonds is 9. The maximum absolute atomic E-state index is 11.9. The number of nitrogens with one attached hydrogen (secondary N) is 1. The Bertz CT molecular complexity index is 574. The molecule has 2 aromatic rings. The highest BCUT2D eigenvalue weighted by Crippen LogP contribution is 2.26. The van der Waals surface area contributed by atoms with Crippen molar-refractivity contribution in [2.45, 2.75) is 29.9 Å². The first-order chi connectivity index (χ1) is 10.8. The number of amides is 1. The molecule has 0 bridgehead atoms. The van der Waals surface area contributed by atoms with Crippen LogP contribution in [0.5, 0.6) is 0 Å². The zero-order valence-electron chi connectivity index (χ0n) is 12.4. The molecule has 0 unspecified atom stereocenters. The van der Waals surface area contributed by atoms with Crippen LogP contribution in [-0.4, -0.2) is 27.6 Å². The second-order valence-electron chi connectivity index (χ2n) is 4.60. The molecule has 0 atom stereocenters. The first-order valence-corrected chi connectivity index (χ1v) is 10.1. The van der Waals surface area contributed by atoms with Crippen LogP contribution in [0.4, 0.5) is 5.13 Å². The van der Waals surface area contributed by atoms with Gasteiger partial charge in [-0.25, -0.2) is 0 Å². The molecule has 0 spiro atoms. The minimum absolute atomic E-state index is 0.0258. The van der Waals surface area contributed by atoms with Crippen molar-refractivity contribution in [2.75, 3.05) is 16.8 Å². The molecule has 2 rings (SSSR count). The summed E-state index contributed by atoms with van der Waals surface area (Å²) in [5.41, 5.74) is 1.23. The molecule has 118 valence electrons. The third kappa shape index (κ3) is 6.37. The highest BCUT2D eigenvalue weighted by molar-refractivity contribution is 8.01. The van der Waals surface area contributed by atoms with Crippen LogP contribution in [0, 0.1) is 0 Å². The molecule has 0 saturated heterocycles.